The first-order valence-electron chi connectivity index (χ1n) is 5.12. The summed E-state index contributed by atoms with van der Waals surface area (Å²) >= 11 is 3.45. The van der Waals surface area contributed by atoms with E-state index in [-0.39, 0.29) is 0 Å². The molecule has 0 atom stereocenters. The third-order valence-electron chi connectivity index (χ3n) is 2.74. The fourth-order valence-electron chi connectivity index (χ4n) is 1.78. The third-order valence-corrected chi connectivity index (χ3v) is 3.35. The van der Waals surface area contributed by atoms with Gasteiger partial charge in [0.15, 0.2) is 0 Å². The van der Waals surface area contributed by atoms with Gasteiger partial charge in [-0.25, -0.2) is 0 Å². The van der Waals surface area contributed by atoms with Gasteiger partial charge in [-0.2, -0.15) is 5.10 Å². The zero-order valence-corrected chi connectivity index (χ0v) is 10.7. The van der Waals surface area contributed by atoms with Crippen molar-refractivity contribution in [2.24, 2.45) is 7.05 Å². The van der Waals surface area contributed by atoms with Crippen molar-refractivity contribution in [3.63, 3.8) is 0 Å². The van der Waals surface area contributed by atoms with Crippen molar-refractivity contribution in [3.8, 4) is 11.3 Å². The smallest absolute Gasteiger partial charge is 0.135 e. The van der Waals surface area contributed by atoms with E-state index in [1.165, 1.54) is 0 Å². The molecule has 2 aromatic heterocycles. The highest BCUT2D eigenvalue weighted by atomic mass is 79.9. The summed E-state index contributed by atoms with van der Waals surface area (Å²) in [5.41, 5.74) is 8.51. The van der Waals surface area contributed by atoms with E-state index in [0.29, 0.717) is 5.82 Å². The van der Waals surface area contributed by atoms with E-state index < -0.39 is 0 Å². The number of nitrogens with two attached hydrogens (primary N) is 1. The van der Waals surface area contributed by atoms with Crippen molar-refractivity contribution < 1.29 is 4.42 Å². The Kier molecular flexibility index (Phi) is 2.22. The van der Waals surface area contributed by atoms with Crippen molar-refractivity contribution in [2.45, 2.75) is 0 Å². The molecular formula is C12H10BrN3O. The Morgan fingerprint density at radius 1 is 1.35 bits per heavy atom. The van der Waals surface area contributed by atoms with Gasteiger partial charge in [0.05, 0.1) is 10.2 Å². The number of halogens is 1. The highest BCUT2D eigenvalue weighted by Gasteiger charge is 2.08. The van der Waals surface area contributed by atoms with Crippen LogP contribution in [-0.4, -0.2) is 9.78 Å². The topological polar surface area (TPSA) is 57.0 Å². The molecule has 0 bridgehead atoms. The van der Waals surface area contributed by atoms with Crippen molar-refractivity contribution in [1.82, 2.24) is 9.78 Å². The van der Waals surface area contributed by atoms with Gasteiger partial charge >= 0.3 is 0 Å². The maximum Gasteiger partial charge on any atom is 0.135 e. The number of anilines is 1. The molecule has 1 aromatic carbocycles. The van der Waals surface area contributed by atoms with Crippen LogP contribution in [0.5, 0.6) is 0 Å². The van der Waals surface area contributed by atoms with Gasteiger partial charge in [-0.3, -0.25) is 4.68 Å². The molecule has 0 amide bonds. The Bertz CT molecular complexity index is 679. The SMILES string of the molecule is Cn1nc(-c2ccc3occ(Br)c3c2)cc1N. The minimum Gasteiger partial charge on any atom is -0.463 e. The lowest BCUT2D eigenvalue weighted by molar-refractivity contribution is 0.614. The zero-order chi connectivity index (χ0) is 12.0. The van der Waals surface area contributed by atoms with Crippen LogP contribution in [0.3, 0.4) is 0 Å². The Balaban J connectivity index is 2.20. The summed E-state index contributed by atoms with van der Waals surface area (Å²) in [5.74, 6) is 0.645. The Hall–Kier alpha value is -1.75. The first-order valence-corrected chi connectivity index (χ1v) is 5.91. The largest absolute Gasteiger partial charge is 0.463 e. The number of fused-ring (bicyclic) bond motifs is 1. The minimum absolute atomic E-state index is 0.645. The maximum absolute atomic E-state index is 5.77. The Labute approximate surface area is 106 Å². The Morgan fingerprint density at radius 2 is 2.18 bits per heavy atom. The first-order chi connectivity index (χ1) is 8.15. The number of hydrogen-bond acceptors (Lipinski definition) is 3. The lowest BCUT2D eigenvalue weighted by atomic mass is 10.1. The predicted molar refractivity (Wildman–Crippen MR) is 70.5 cm³/mol. The van der Waals surface area contributed by atoms with Crippen LogP contribution in [0.1, 0.15) is 0 Å². The standard InChI is InChI=1S/C12H10BrN3O/c1-16-12(14)5-10(15-16)7-2-3-11-8(4-7)9(13)6-17-11/h2-6H,14H2,1H3. The summed E-state index contributed by atoms with van der Waals surface area (Å²) in [4.78, 5) is 0. The van der Waals surface area contributed by atoms with Gasteiger partial charge in [0, 0.05) is 24.1 Å². The van der Waals surface area contributed by atoms with E-state index in [1.807, 2.05) is 31.3 Å². The van der Waals surface area contributed by atoms with Crippen molar-refractivity contribution in [1.29, 1.82) is 0 Å². The van der Waals surface area contributed by atoms with Gasteiger partial charge in [-0.15, -0.1) is 0 Å². The van der Waals surface area contributed by atoms with Gasteiger partial charge in [-0.05, 0) is 34.1 Å². The van der Waals surface area contributed by atoms with Crippen LogP contribution in [0.4, 0.5) is 5.82 Å². The highest BCUT2D eigenvalue weighted by Crippen LogP contribution is 2.30. The molecule has 0 spiro atoms. The molecule has 0 aliphatic heterocycles. The van der Waals surface area contributed by atoms with E-state index in [9.17, 15) is 0 Å². The van der Waals surface area contributed by atoms with E-state index in [1.54, 1.807) is 10.9 Å². The number of benzene rings is 1. The van der Waals surface area contributed by atoms with Crippen LogP contribution in [-0.2, 0) is 7.05 Å². The summed E-state index contributed by atoms with van der Waals surface area (Å²) in [7, 11) is 1.82. The molecule has 0 unspecified atom stereocenters. The number of hydrogen-bond donors (Lipinski definition) is 1. The molecule has 5 heteroatoms. The summed E-state index contributed by atoms with van der Waals surface area (Å²) in [6, 6.07) is 7.79. The summed E-state index contributed by atoms with van der Waals surface area (Å²) in [6.45, 7) is 0. The molecule has 3 aromatic rings. The van der Waals surface area contributed by atoms with Crippen LogP contribution in [0, 0.1) is 0 Å². The van der Waals surface area contributed by atoms with E-state index in [4.69, 9.17) is 10.2 Å². The van der Waals surface area contributed by atoms with Crippen LogP contribution in [0.25, 0.3) is 22.2 Å². The molecular weight excluding hydrogens is 282 g/mol. The normalized spacial score (nSPS) is 11.2. The van der Waals surface area contributed by atoms with Crippen molar-refractivity contribution in [3.05, 3.63) is 35.0 Å². The molecule has 86 valence electrons. The van der Waals surface area contributed by atoms with Crippen molar-refractivity contribution in [2.75, 3.05) is 5.73 Å². The van der Waals surface area contributed by atoms with E-state index in [0.717, 1.165) is 26.7 Å². The monoisotopic (exact) mass is 291 g/mol. The molecule has 0 aliphatic carbocycles. The van der Waals surface area contributed by atoms with Gasteiger partial charge in [0.1, 0.15) is 17.7 Å². The van der Waals surface area contributed by atoms with Crippen molar-refractivity contribution >= 4 is 32.7 Å². The number of nitrogen functional groups attached to an aromatic ring is 1. The maximum atomic E-state index is 5.77. The molecule has 4 nitrogen and oxygen atoms in total. The van der Waals surface area contributed by atoms with Gasteiger partial charge in [0.2, 0.25) is 0 Å². The second-order valence-corrected chi connectivity index (χ2v) is 4.73. The van der Waals surface area contributed by atoms with Crippen LogP contribution in [0.15, 0.2) is 39.4 Å². The molecule has 0 aliphatic rings. The molecule has 2 heterocycles. The zero-order valence-electron chi connectivity index (χ0n) is 9.14. The van der Waals surface area contributed by atoms with E-state index in [2.05, 4.69) is 21.0 Å². The highest BCUT2D eigenvalue weighted by molar-refractivity contribution is 9.10. The number of rotatable bonds is 1. The average Bonchev–Trinajstić information content (AvgIpc) is 2.84. The summed E-state index contributed by atoms with van der Waals surface area (Å²) < 4.78 is 7.97. The minimum atomic E-state index is 0.645. The fraction of sp³-hybridized carbons (Fsp3) is 0.0833. The number of furan rings is 1. The quantitative estimate of drug-likeness (QED) is 0.749. The molecule has 2 N–H and O–H groups in total. The first kappa shape index (κ1) is 10.4. The summed E-state index contributed by atoms with van der Waals surface area (Å²) in [6.07, 6.45) is 1.68. The second kappa shape index (κ2) is 3.63. The average molecular weight is 292 g/mol. The van der Waals surface area contributed by atoms with Crippen LogP contribution in [0.2, 0.25) is 0 Å². The van der Waals surface area contributed by atoms with Gasteiger partial charge in [0.25, 0.3) is 0 Å². The molecule has 0 saturated carbocycles. The molecule has 17 heavy (non-hydrogen) atoms. The third kappa shape index (κ3) is 1.63. The number of aryl methyl sites for hydroxylation is 1. The lowest BCUT2D eigenvalue weighted by Gasteiger charge is -1.96. The number of nitrogens with zero attached hydrogens (tertiary/aromatic N) is 2. The Morgan fingerprint density at radius 3 is 2.88 bits per heavy atom. The molecule has 0 fully saturated rings. The van der Waals surface area contributed by atoms with Crippen LogP contribution < -0.4 is 5.73 Å². The predicted octanol–water partition coefficient (Wildman–Crippen LogP) is 3.18. The fourth-order valence-corrected chi connectivity index (χ4v) is 2.18. The van der Waals surface area contributed by atoms with Gasteiger partial charge < -0.3 is 10.2 Å². The van der Waals surface area contributed by atoms with Crippen LogP contribution >= 0.6 is 15.9 Å². The second-order valence-electron chi connectivity index (χ2n) is 3.87. The lowest BCUT2D eigenvalue weighted by Crippen LogP contribution is -1.96. The van der Waals surface area contributed by atoms with E-state index >= 15 is 0 Å². The summed E-state index contributed by atoms with van der Waals surface area (Å²) in [5, 5.41) is 5.38. The molecule has 0 radical (unpaired) electrons. The number of aromatic nitrogens is 2. The molecule has 0 saturated heterocycles. The van der Waals surface area contributed by atoms with Gasteiger partial charge in [-0.1, -0.05) is 0 Å². The molecule has 3 rings (SSSR count).